The van der Waals surface area contributed by atoms with Gasteiger partial charge in [0.05, 0.1) is 23.0 Å². The second-order valence-electron chi connectivity index (χ2n) is 7.20. The maximum absolute atomic E-state index is 13.3. The molecule has 0 atom stereocenters. The highest BCUT2D eigenvalue weighted by Gasteiger charge is 2.30. The summed E-state index contributed by atoms with van der Waals surface area (Å²) < 4.78 is 40.0. The van der Waals surface area contributed by atoms with E-state index >= 15 is 0 Å². The van der Waals surface area contributed by atoms with E-state index in [0.717, 1.165) is 12.1 Å². The van der Waals surface area contributed by atoms with Crippen molar-refractivity contribution in [3.05, 3.63) is 98.8 Å². The van der Waals surface area contributed by atoms with E-state index < -0.39 is 23.2 Å². The van der Waals surface area contributed by atoms with Crippen LogP contribution in [0.4, 0.5) is 13.2 Å². The molecule has 1 heterocycles. The molecule has 0 aliphatic carbocycles. The van der Waals surface area contributed by atoms with Crippen molar-refractivity contribution in [1.29, 1.82) is 0 Å². The highest BCUT2D eigenvalue weighted by atomic mass is 35.5. The number of benzene rings is 3. The van der Waals surface area contributed by atoms with Crippen LogP contribution in [0, 0.1) is 0 Å². The number of halogens is 4. The van der Waals surface area contributed by atoms with Crippen molar-refractivity contribution in [2.45, 2.75) is 12.7 Å². The number of aromatic nitrogens is 2. The van der Waals surface area contributed by atoms with Crippen LogP contribution in [0.3, 0.4) is 0 Å². The zero-order valence-corrected chi connectivity index (χ0v) is 17.5. The van der Waals surface area contributed by atoms with Crippen molar-refractivity contribution in [3.8, 4) is 11.4 Å². The van der Waals surface area contributed by atoms with E-state index in [0.29, 0.717) is 16.1 Å². The van der Waals surface area contributed by atoms with E-state index in [9.17, 15) is 22.8 Å². The minimum atomic E-state index is -4.47. The van der Waals surface area contributed by atoms with Gasteiger partial charge in [-0.15, -0.1) is 0 Å². The van der Waals surface area contributed by atoms with E-state index in [2.05, 4.69) is 4.98 Å². The lowest BCUT2D eigenvalue weighted by atomic mass is 10.1. The van der Waals surface area contributed by atoms with E-state index in [-0.39, 0.29) is 28.8 Å². The standard InChI is InChI=1S/C23H15ClF3N3O3/c24-17-8-3-14(4-9-17)20-28-19-11-15(21(31)29-33)5-10-18(19)22(32)30(20)12-13-1-6-16(7-2-13)23(25,26)27/h1-11,33H,12H2,(H,29,31). The van der Waals surface area contributed by atoms with Gasteiger partial charge >= 0.3 is 6.18 Å². The minimum Gasteiger partial charge on any atom is -0.288 e. The van der Waals surface area contributed by atoms with E-state index in [1.54, 1.807) is 24.3 Å². The highest BCUT2D eigenvalue weighted by molar-refractivity contribution is 6.30. The molecule has 0 aliphatic rings. The molecular weight excluding hydrogens is 459 g/mol. The summed E-state index contributed by atoms with van der Waals surface area (Å²) in [6.07, 6.45) is -4.47. The van der Waals surface area contributed by atoms with Gasteiger partial charge in [-0.3, -0.25) is 19.4 Å². The Morgan fingerprint density at radius 1 is 1.03 bits per heavy atom. The monoisotopic (exact) mass is 473 g/mol. The SMILES string of the molecule is O=C(NO)c1ccc2c(=O)n(Cc3ccc(C(F)(F)F)cc3)c(-c3ccc(Cl)cc3)nc2c1. The number of alkyl halides is 3. The van der Waals surface area contributed by atoms with Gasteiger partial charge in [0.15, 0.2) is 0 Å². The number of hydrogen-bond donors (Lipinski definition) is 2. The maximum Gasteiger partial charge on any atom is 0.416 e. The zero-order valence-electron chi connectivity index (χ0n) is 16.7. The van der Waals surface area contributed by atoms with Gasteiger partial charge < -0.3 is 0 Å². The number of hydrogen-bond acceptors (Lipinski definition) is 4. The second kappa shape index (κ2) is 8.68. The molecule has 3 aromatic carbocycles. The van der Waals surface area contributed by atoms with Crippen LogP contribution in [-0.4, -0.2) is 20.7 Å². The normalized spacial score (nSPS) is 11.5. The first-order valence-corrected chi connectivity index (χ1v) is 9.96. The molecule has 33 heavy (non-hydrogen) atoms. The van der Waals surface area contributed by atoms with Gasteiger partial charge in [-0.25, -0.2) is 10.5 Å². The number of carbonyl (C=O) groups is 1. The molecule has 0 aliphatic heterocycles. The first-order chi connectivity index (χ1) is 15.7. The smallest absolute Gasteiger partial charge is 0.288 e. The number of hydroxylamine groups is 1. The fourth-order valence-electron chi connectivity index (χ4n) is 3.37. The first kappa shape index (κ1) is 22.5. The van der Waals surface area contributed by atoms with Crippen LogP contribution in [0.1, 0.15) is 21.5 Å². The van der Waals surface area contributed by atoms with Crippen LogP contribution < -0.4 is 11.0 Å². The summed E-state index contributed by atoms with van der Waals surface area (Å²) in [6.45, 7) is -0.0310. The number of rotatable bonds is 4. The lowest BCUT2D eigenvalue weighted by molar-refractivity contribution is -0.137. The molecule has 0 bridgehead atoms. The topological polar surface area (TPSA) is 84.2 Å². The third kappa shape index (κ3) is 4.59. The molecule has 168 valence electrons. The fraction of sp³-hybridized carbons (Fsp3) is 0.0870. The summed E-state index contributed by atoms with van der Waals surface area (Å²) in [7, 11) is 0. The van der Waals surface area contributed by atoms with Crippen LogP contribution in [0.2, 0.25) is 5.02 Å². The van der Waals surface area contributed by atoms with Crippen molar-refractivity contribution in [2.75, 3.05) is 0 Å². The molecule has 10 heteroatoms. The number of nitrogens with zero attached hydrogens (tertiary/aromatic N) is 2. The molecule has 2 N–H and O–H groups in total. The molecule has 0 spiro atoms. The van der Waals surface area contributed by atoms with E-state index in [1.165, 1.54) is 40.4 Å². The molecule has 0 unspecified atom stereocenters. The molecule has 1 aromatic heterocycles. The van der Waals surface area contributed by atoms with Crippen molar-refractivity contribution >= 4 is 28.4 Å². The largest absolute Gasteiger partial charge is 0.416 e. The molecule has 0 fully saturated rings. The summed E-state index contributed by atoms with van der Waals surface area (Å²) >= 11 is 5.97. The Bertz CT molecular complexity index is 1400. The minimum absolute atomic E-state index is 0.0310. The molecule has 4 aromatic rings. The maximum atomic E-state index is 13.3. The Morgan fingerprint density at radius 3 is 2.30 bits per heavy atom. The summed E-state index contributed by atoms with van der Waals surface area (Å²) in [5.41, 5.74) is 1.62. The Morgan fingerprint density at radius 2 is 1.70 bits per heavy atom. The van der Waals surface area contributed by atoms with Crippen molar-refractivity contribution < 1.29 is 23.2 Å². The first-order valence-electron chi connectivity index (χ1n) is 9.58. The third-order valence-electron chi connectivity index (χ3n) is 5.04. The Kier molecular flexibility index (Phi) is 5.92. The Hall–Kier alpha value is -3.69. The molecule has 0 saturated heterocycles. The molecule has 6 nitrogen and oxygen atoms in total. The van der Waals surface area contributed by atoms with Crippen LogP contribution >= 0.6 is 11.6 Å². The third-order valence-corrected chi connectivity index (χ3v) is 5.30. The molecule has 4 rings (SSSR count). The van der Waals surface area contributed by atoms with Gasteiger partial charge in [-0.2, -0.15) is 13.2 Å². The van der Waals surface area contributed by atoms with Crippen LogP contribution in [0.25, 0.3) is 22.3 Å². The fourth-order valence-corrected chi connectivity index (χ4v) is 3.50. The summed E-state index contributed by atoms with van der Waals surface area (Å²) in [5, 5.41) is 9.56. The van der Waals surface area contributed by atoms with Crippen molar-refractivity contribution in [1.82, 2.24) is 15.0 Å². The predicted octanol–water partition coefficient (Wildman–Crippen LogP) is 4.90. The molecule has 0 radical (unpaired) electrons. The van der Waals surface area contributed by atoms with Gasteiger partial charge in [-0.05, 0) is 60.2 Å². The van der Waals surface area contributed by atoms with Crippen LogP contribution in [-0.2, 0) is 12.7 Å². The molecule has 1 amide bonds. The quantitative estimate of drug-likeness (QED) is 0.326. The van der Waals surface area contributed by atoms with Gasteiger partial charge in [0.2, 0.25) is 0 Å². The average molecular weight is 474 g/mol. The van der Waals surface area contributed by atoms with E-state index in [4.69, 9.17) is 16.8 Å². The highest BCUT2D eigenvalue weighted by Crippen LogP contribution is 2.29. The van der Waals surface area contributed by atoms with Gasteiger partial charge in [-0.1, -0.05) is 23.7 Å². The lowest BCUT2D eigenvalue weighted by Crippen LogP contribution is -2.25. The number of amides is 1. The number of carbonyl (C=O) groups excluding carboxylic acids is 1. The Labute approximate surface area is 189 Å². The second-order valence-corrected chi connectivity index (χ2v) is 7.64. The van der Waals surface area contributed by atoms with Gasteiger partial charge in [0, 0.05) is 16.1 Å². The number of fused-ring (bicyclic) bond motifs is 1. The lowest BCUT2D eigenvalue weighted by Gasteiger charge is -2.15. The van der Waals surface area contributed by atoms with Crippen molar-refractivity contribution in [2.24, 2.45) is 0 Å². The van der Waals surface area contributed by atoms with Gasteiger partial charge in [0.25, 0.3) is 11.5 Å². The molecular formula is C23H15ClF3N3O3. The summed E-state index contributed by atoms with van der Waals surface area (Å²) in [6, 6.07) is 15.2. The van der Waals surface area contributed by atoms with Crippen molar-refractivity contribution in [3.63, 3.8) is 0 Å². The van der Waals surface area contributed by atoms with E-state index in [1.807, 2.05) is 0 Å². The van der Waals surface area contributed by atoms with Gasteiger partial charge in [0.1, 0.15) is 5.82 Å². The molecule has 0 saturated carbocycles. The summed E-state index contributed by atoms with van der Waals surface area (Å²) in [5.74, 6) is -0.522. The van der Waals surface area contributed by atoms with Crippen LogP contribution in [0.15, 0.2) is 71.5 Å². The summed E-state index contributed by atoms with van der Waals surface area (Å²) in [4.78, 5) is 29.7. The Balaban J connectivity index is 1.88. The zero-order chi connectivity index (χ0) is 23.8. The predicted molar refractivity (Wildman–Crippen MR) is 116 cm³/mol. The van der Waals surface area contributed by atoms with Crippen LogP contribution in [0.5, 0.6) is 0 Å². The number of nitrogens with one attached hydrogen (secondary N) is 1. The average Bonchev–Trinajstić information content (AvgIpc) is 2.80.